The van der Waals surface area contributed by atoms with Crippen molar-refractivity contribution in [3.63, 3.8) is 0 Å². The number of nitrogens with one attached hydrogen (secondary N) is 1. The maximum atomic E-state index is 12.5. The largest absolute Gasteiger partial charge is 0.468 e. The molecule has 9 heteroatoms. The van der Waals surface area contributed by atoms with Gasteiger partial charge in [0.25, 0.3) is 5.91 Å². The fourth-order valence-electron chi connectivity index (χ4n) is 2.65. The van der Waals surface area contributed by atoms with Crippen LogP contribution < -0.4 is 4.72 Å². The Morgan fingerprint density at radius 3 is 2.38 bits per heavy atom. The molecule has 0 spiro atoms. The van der Waals surface area contributed by atoms with Gasteiger partial charge in [-0.3, -0.25) is 9.59 Å². The minimum absolute atomic E-state index is 0.0526. The van der Waals surface area contributed by atoms with E-state index >= 15 is 0 Å². The maximum Gasteiger partial charge on any atom is 0.253 e. The van der Waals surface area contributed by atoms with E-state index in [1.165, 1.54) is 30.5 Å². The monoisotopic (exact) mass is 377 g/mol. The predicted octanol–water partition coefficient (Wildman–Crippen LogP) is 0.672. The van der Waals surface area contributed by atoms with Gasteiger partial charge < -0.3 is 14.2 Å². The number of carbonyl (C=O) groups is 2. The highest BCUT2D eigenvalue weighted by Crippen LogP contribution is 2.14. The van der Waals surface area contributed by atoms with E-state index in [0.717, 1.165) is 6.41 Å². The average molecular weight is 377 g/mol. The van der Waals surface area contributed by atoms with Gasteiger partial charge in [-0.1, -0.05) is 0 Å². The van der Waals surface area contributed by atoms with Crippen LogP contribution in [0.2, 0.25) is 0 Å². The number of amides is 2. The van der Waals surface area contributed by atoms with Gasteiger partial charge in [-0.15, -0.1) is 0 Å². The van der Waals surface area contributed by atoms with Crippen molar-refractivity contribution in [3.05, 3.63) is 54.0 Å². The van der Waals surface area contributed by atoms with Crippen LogP contribution in [0, 0.1) is 0 Å². The zero-order chi connectivity index (χ0) is 18.6. The molecule has 3 rings (SSSR count). The summed E-state index contributed by atoms with van der Waals surface area (Å²) in [4.78, 5) is 26.5. The second kappa shape index (κ2) is 7.71. The van der Waals surface area contributed by atoms with Crippen molar-refractivity contribution in [2.24, 2.45) is 0 Å². The average Bonchev–Trinajstić information content (AvgIpc) is 3.20. The summed E-state index contributed by atoms with van der Waals surface area (Å²) in [5, 5.41) is 0. The van der Waals surface area contributed by atoms with Crippen LogP contribution in [0.4, 0.5) is 0 Å². The van der Waals surface area contributed by atoms with Crippen molar-refractivity contribution in [1.82, 2.24) is 14.5 Å². The maximum absolute atomic E-state index is 12.5. The molecule has 0 atom stereocenters. The SMILES string of the molecule is O=CN1CCN(C(=O)c2ccc(S(=O)(=O)NCc3ccco3)cc2)CC1. The Hall–Kier alpha value is -2.65. The second-order valence-electron chi connectivity index (χ2n) is 5.86. The molecule has 1 aromatic carbocycles. The van der Waals surface area contributed by atoms with Crippen LogP contribution in [-0.4, -0.2) is 56.7 Å². The Bertz CT molecular complexity index is 854. The number of rotatable bonds is 6. The van der Waals surface area contributed by atoms with Crippen molar-refractivity contribution in [2.45, 2.75) is 11.4 Å². The predicted molar refractivity (Wildman–Crippen MR) is 92.7 cm³/mol. The molecule has 0 saturated carbocycles. The number of sulfonamides is 1. The summed E-state index contributed by atoms with van der Waals surface area (Å²) >= 11 is 0. The van der Waals surface area contributed by atoms with Gasteiger partial charge in [-0.25, -0.2) is 13.1 Å². The molecule has 2 aromatic rings. The summed E-state index contributed by atoms with van der Waals surface area (Å²) in [6, 6.07) is 9.15. The van der Waals surface area contributed by atoms with Gasteiger partial charge in [-0.2, -0.15) is 0 Å². The molecule has 138 valence electrons. The quantitative estimate of drug-likeness (QED) is 0.746. The Labute approximate surface area is 151 Å². The zero-order valence-corrected chi connectivity index (χ0v) is 14.8. The molecule has 0 radical (unpaired) electrons. The van der Waals surface area contributed by atoms with Crippen LogP contribution in [-0.2, 0) is 21.4 Å². The molecule has 0 aliphatic carbocycles. The summed E-state index contributed by atoms with van der Waals surface area (Å²) in [6.07, 6.45) is 2.25. The molecule has 0 unspecified atom stereocenters. The summed E-state index contributed by atoms with van der Waals surface area (Å²) in [5.41, 5.74) is 0.412. The smallest absolute Gasteiger partial charge is 0.253 e. The van der Waals surface area contributed by atoms with Crippen LogP contribution in [0.3, 0.4) is 0 Å². The molecule has 0 bridgehead atoms. The topological polar surface area (TPSA) is 99.9 Å². The molecule has 1 N–H and O–H groups in total. The number of carbonyl (C=O) groups excluding carboxylic acids is 2. The number of hydrogen-bond acceptors (Lipinski definition) is 5. The standard InChI is InChI=1S/C17H19N3O5S/c21-13-19-7-9-20(10-8-19)17(22)14-3-5-16(6-4-14)26(23,24)18-12-15-2-1-11-25-15/h1-6,11,13,18H,7-10,12H2. The van der Waals surface area contributed by atoms with E-state index in [-0.39, 0.29) is 17.3 Å². The first-order valence-electron chi connectivity index (χ1n) is 8.10. The van der Waals surface area contributed by atoms with Gasteiger partial charge in [0, 0.05) is 31.7 Å². The highest BCUT2D eigenvalue weighted by atomic mass is 32.2. The lowest BCUT2D eigenvalue weighted by Gasteiger charge is -2.32. The van der Waals surface area contributed by atoms with E-state index in [4.69, 9.17) is 4.42 Å². The third-order valence-electron chi connectivity index (χ3n) is 4.18. The van der Waals surface area contributed by atoms with Gasteiger partial charge in [0.15, 0.2) is 0 Å². The second-order valence-corrected chi connectivity index (χ2v) is 7.63. The number of piperazine rings is 1. The molecule has 1 saturated heterocycles. The molecule has 1 aromatic heterocycles. The lowest BCUT2D eigenvalue weighted by molar-refractivity contribution is -0.119. The number of nitrogens with zero attached hydrogens (tertiary/aromatic N) is 2. The number of benzene rings is 1. The highest BCUT2D eigenvalue weighted by Gasteiger charge is 2.22. The normalized spacial score (nSPS) is 15.1. The van der Waals surface area contributed by atoms with Crippen molar-refractivity contribution in [1.29, 1.82) is 0 Å². The molecule has 1 aliphatic rings. The fourth-order valence-corrected chi connectivity index (χ4v) is 3.65. The Morgan fingerprint density at radius 1 is 1.12 bits per heavy atom. The molecule has 1 aliphatic heterocycles. The first-order valence-corrected chi connectivity index (χ1v) is 9.58. The molecule has 26 heavy (non-hydrogen) atoms. The Morgan fingerprint density at radius 2 is 1.81 bits per heavy atom. The molecular weight excluding hydrogens is 358 g/mol. The Balaban J connectivity index is 1.64. The fraction of sp³-hybridized carbons (Fsp3) is 0.294. The molecular formula is C17H19N3O5S. The Kier molecular flexibility index (Phi) is 5.38. The summed E-state index contributed by atoms with van der Waals surface area (Å²) < 4.78 is 32.1. The van der Waals surface area contributed by atoms with E-state index in [9.17, 15) is 18.0 Å². The summed E-state index contributed by atoms with van der Waals surface area (Å²) in [7, 11) is -3.69. The first-order chi connectivity index (χ1) is 12.5. The van der Waals surface area contributed by atoms with Crippen LogP contribution in [0.1, 0.15) is 16.1 Å². The molecule has 2 amide bonds. The summed E-state index contributed by atoms with van der Waals surface area (Å²) in [6.45, 7) is 1.97. The van der Waals surface area contributed by atoms with E-state index in [1.807, 2.05) is 0 Å². The minimum Gasteiger partial charge on any atom is -0.468 e. The van der Waals surface area contributed by atoms with E-state index in [2.05, 4.69) is 4.72 Å². The number of furan rings is 1. The third-order valence-corrected chi connectivity index (χ3v) is 5.60. The lowest BCUT2D eigenvalue weighted by Crippen LogP contribution is -2.48. The van der Waals surface area contributed by atoms with E-state index < -0.39 is 10.0 Å². The van der Waals surface area contributed by atoms with Crippen LogP contribution in [0.15, 0.2) is 52.0 Å². The van der Waals surface area contributed by atoms with Crippen molar-refractivity contribution >= 4 is 22.3 Å². The van der Waals surface area contributed by atoms with Crippen LogP contribution in [0.5, 0.6) is 0 Å². The van der Waals surface area contributed by atoms with E-state index in [0.29, 0.717) is 37.5 Å². The van der Waals surface area contributed by atoms with E-state index in [1.54, 1.807) is 21.9 Å². The van der Waals surface area contributed by atoms with Gasteiger partial charge in [0.2, 0.25) is 16.4 Å². The minimum atomic E-state index is -3.69. The zero-order valence-electron chi connectivity index (χ0n) is 14.0. The molecule has 8 nitrogen and oxygen atoms in total. The highest BCUT2D eigenvalue weighted by molar-refractivity contribution is 7.89. The van der Waals surface area contributed by atoms with Crippen LogP contribution >= 0.6 is 0 Å². The third kappa shape index (κ3) is 4.12. The van der Waals surface area contributed by atoms with Gasteiger partial charge in [0.05, 0.1) is 17.7 Å². The van der Waals surface area contributed by atoms with Crippen LogP contribution in [0.25, 0.3) is 0 Å². The summed E-state index contributed by atoms with van der Waals surface area (Å²) in [5.74, 6) is 0.331. The van der Waals surface area contributed by atoms with Gasteiger partial charge in [-0.05, 0) is 36.4 Å². The molecule has 2 heterocycles. The molecule has 1 fully saturated rings. The lowest BCUT2D eigenvalue weighted by atomic mass is 10.2. The van der Waals surface area contributed by atoms with Crippen molar-refractivity contribution in [3.8, 4) is 0 Å². The number of hydrogen-bond donors (Lipinski definition) is 1. The van der Waals surface area contributed by atoms with Gasteiger partial charge in [0.1, 0.15) is 5.76 Å². The first kappa shape index (κ1) is 18.2. The van der Waals surface area contributed by atoms with Crippen molar-refractivity contribution in [2.75, 3.05) is 26.2 Å². The van der Waals surface area contributed by atoms with Crippen molar-refractivity contribution < 1.29 is 22.4 Å². The van der Waals surface area contributed by atoms with Gasteiger partial charge >= 0.3 is 0 Å².